The number of ether oxygens (including phenoxy) is 1. The topological polar surface area (TPSA) is 60.2 Å². The van der Waals surface area contributed by atoms with E-state index in [4.69, 9.17) is 9.15 Å². The molecule has 0 amide bonds. The third kappa shape index (κ3) is 2.90. The predicted octanol–water partition coefficient (Wildman–Crippen LogP) is 1.85. The first-order valence-corrected chi connectivity index (χ1v) is 7.00. The Morgan fingerprint density at radius 2 is 2.17 bits per heavy atom. The van der Waals surface area contributed by atoms with Gasteiger partial charge in [0.1, 0.15) is 6.10 Å². The van der Waals surface area contributed by atoms with Crippen LogP contribution in [0.25, 0.3) is 0 Å². The third-order valence-corrected chi connectivity index (χ3v) is 3.69. The Labute approximate surface area is 107 Å². The monoisotopic (exact) mass is 251 g/mol. The second kappa shape index (κ2) is 5.36. The lowest BCUT2D eigenvalue weighted by atomic mass is 10.0. The SMILES string of the molecule is CC1CCOC1c1nnc(CCCNC2CC2)o1. The van der Waals surface area contributed by atoms with Crippen LogP contribution in [-0.2, 0) is 11.2 Å². The zero-order valence-corrected chi connectivity index (χ0v) is 10.9. The Bertz CT molecular complexity index is 389. The Morgan fingerprint density at radius 1 is 1.28 bits per heavy atom. The first-order chi connectivity index (χ1) is 8.83. The number of nitrogens with zero attached hydrogens (tertiary/aromatic N) is 2. The Balaban J connectivity index is 1.46. The summed E-state index contributed by atoms with van der Waals surface area (Å²) in [4.78, 5) is 0. The summed E-state index contributed by atoms with van der Waals surface area (Å²) in [6.07, 6.45) is 5.67. The molecular weight excluding hydrogens is 230 g/mol. The van der Waals surface area contributed by atoms with Crippen molar-refractivity contribution in [3.63, 3.8) is 0 Å². The van der Waals surface area contributed by atoms with Gasteiger partial charge in [-0.1, -0.05) is 6.92 Å². The lowest BCUT2D eigenvalue weighted by Gasteiger charge is -2.08. The van der Waals surface area contributed by atoms with E-state index in [1.807, 2.05) is 0 Å². The van der Waals surface area contributed by atoms with Gasteiger partial charge in [-0.2, -0.15) is 0 Å². The second-order valence-corrected chi connectivity index (χ2v) is 5.42. The molecule has 0 bridgehead atoms. The van der Waals surface area contributed by atoms with E-state index in [2.05, 4.69) is 22.4 Å². The van der Waals surface area contributed by atoms with E-state index < -0.39 is 0 Å². The molecule has 2 unspecified atom stereocenters. The van der Waals surface area contributed by atoms with E-state index in [9.17, 15) is 0 Å². The fourth-order valence-corrected chi connectivity index (χ4v) is 2.33. The van der Waals surface area contributed by atoms with Crippen LogP contribution in [0.2, 0.25) is 0 Å². The average molecular weight is 251 g/mol. The highest BCUT2D eigenvalue weighted by Gasteiger charge is 2.30. The number of hydrogen-bond donors (Lipinski definition) is 1. The smallest absolute Gasteiger partial charge is 0.245 e. The quantitative estimate of drug-likeness (QED) is 0.782. The van der Waals surface area contributed by atoms with Gasteiger partial charge in [0.25, 0.3) is 0 Å². The molecule has 5 nitrogen and oxygen atoms in total. The summed E-state index contributed by atoms with van der Waals surface area (Å²) in [5.41, 5.74) is 0. The molecule has 1 aromatic heterocycles. The number of nitrogens with one attached hydrogen (secondary N) is 1. The highest BCUT2D eigenvalue weighted by molar-refractivity contribution is 4.92. The van der Waals surface area contributed by atoms with E-state index in [1.54, 1.807) is 0 Å². The van der Waals surface area contributed by atoms with Gasteiger partial charge in [0.15, 0.2) is 0 Å². The third-order valence-electron chi connectivity index (χ3n) is 3.69. The van der Waals surface area contributed by atoms with Crippen molar-refractivity contribution in [2.45, 2.75) is 51.2 Å². The molecule has 1 aliphatic carbocycles. The van der Waals surface area contributed by atoms with Crippen LogP contribution in [0.15, 0.2) is 4.42 Å². The lowest BCUT2D eigenvalue weighted by Crippen LogP contribution is -2.17. The van der Waals surface area contributed by atoms with Crippen LogP contribution in [-0.4, -0.2) is 29.4 Å². The predicted molar refractivity (Wildman–Crippen MR) is 66.1 cm³/mol. The summed E-state index contributed by atoms with van der Waals surface area (Å²) in [6, 6.07) is 0.774. The van der Waals surface area contributed by atoms with Crippen molar-refractivity contribution in [2.75, 3.05) is 13.2 Å². The van der Waals surface area contributed by atoms with Crippen molar-refractivity contribution in [3.05, 3.63) is 11.8 Å². The maximum absolute atomic E-state index is 5.69. The zero-order valence-electron chi connectivity index (χ0n) is 10.9. The van der Waals surface area contributed by atoms with Crippen molar-refractivity contribution < 1.29 is 9.15 Å². The second-order valence-electron chi connectivity index (χ2n) is 5.42. The Hall–Kier alpha value is -0.940. The van der Waals surface area contributed by atoms with Crippen LogP contribution >= 0.6 is 0 Å². The number of rotatable bonds is 6. The molecule has 1 aliphatic heterocycles. The first-order valence-electron chi connectivity index (χ1n) is 7.00. The molecule has 0 spiro atoms. The van der Waals surface area contributed by atoms with Crippen LogP contribution < -0.4 is 5.32 Å². The van der Waals surface area contributed by atoms with Gasteiger partial charge in [-0.3, -0.25) is 0 Å². The van der Waals surface area contributed by atoms with Crippen molar-refractivity contribution >= 4 is 0 Å². The van der Waals surface area contributed by atoms with Crippen LogP contribution in [0.4, 0.5) is 0 Å². The van der Waals surface area contributed by atoms with Gasteiger partial charge in [-0.15, -0.1) is 10.2 Å². The van der Waals surface area contributed by atoms with Gasteiger partial charge in [0, 0.05) is 19.1 Å². The van der Waals surface area contributed by atoms with Crippen LogP contribution in [0.5, 0.6) is 0 Å². The molecule has 1 N–H and O–H groups in total. The minimum absolute atomic E-state index is 0.0100. The highest BCUT2D eigenvalue weighted by Crippen LogP contribution is 2.33. The standard InChI is InChI=1S/C13H21N3O2/c1-9-6-8-17-12(9)13-16-15-11(18-13)3-2-7-14-10-4-5-10/h9-10,12,14H,2-8H2,1H3. The van der Waals surface area contributed by atoms with E-state index in [0.717, 1.165) is 44.3 Å². The summed E-state index contributed by atoms with van der Waals surface area (Å²) in [5.74, 6) is 1.88. The maximum Gasteiger partial charge on any atom is 0.245 e. The van der Waals surface area contributed by atoms with Crippen LogP contribution in [0.3, 0.4) is 0 Å². The van der Waals surface area contributed by atoms with Crippen molar-refractivity contribution in [1.82, 2.24) is 15.5 Å². The van der Waals surface area contributed by atoms with Gasteiger partial charge < -0.3 is 14.5 Å². The molecule has 1 aromatic rings. The average Bonchev–Trinajstić information content (AvgIpc) is 2.90. The fraction of sp³-hybridized carbons (Fsp3) is 0.846. The van der Waals surface area contributed by atoms with Crippen molar-refractivity contribution in [1.29, 1.82) is 0 Å². The molecule has 5 heteroatoms. The van der Waals surface area contributed by atoms with Gasteiger partial charge in [-0.25, -0.2) is 0 Å². The summed E-state index contributed by atoms with van der Waals surface area (Å²) >= 11 is 0. The van der Waals surface area contributed by atoms with Gasteiger partial charge in [-0.05, 0) is 38.1 Å². The minimum Gasteiger partial charge on any atom is -0.422 e. The largest absolute Gasteiger partial charge is 0.422 e. The van der Waals surface area contributed by atoms with Crippen LogP contribution in [0, 0.1) is 5.92 Å². The molecule has 2 aliphatic rings. The number of aromatic nitrogens is 2. The molecule has 2 atom stereocenters. The maximum atomic E-state index is 5.69. The summed E-state index contributed by atoms with van der Waals surface area (Å²) in [5, 5.41) is 11.7. The van der Waals surface area contributed by atoms with Gasteiger partial charge in [0.2, 0.25) is 11.8 Å². The molecule has 18 heavy (non-hydrogen) atoms. The van der Waals surface area contributed by atoms with E-state index in [-0.39, 0.29) is 6.10 Å². The molecule has 0 aromatic carbocycles. The first kappa shape index (κ1) is 12.1. The van der Waals surface area contributed by atoms with Gasteiger partial charge >= 0.3 is 0 Å². The highest BCUT2D eigenvalue weighted by atomic mass is 16.5. The van der Waals surface area contributed by atoms with E-state index in [1.165, 1.54) is 12.8 Å². The van der Waals surface area contributed by atoms with E-state index >= 15 is 0 Å². The summed E-state index contributed by atoms with van der Waals surface area (Å²) in [7, 11) is 0. The molecular formula is C13H21N3O2. The number of hydrogen-bond acceptors (Lipinski definition) is 5. The summed E-state index contributed by atoms with van der Waals surface area (Å²) < 4.78 is 11.3. The molecule has 2 fully saturated rings. The molecule has 2 heterocycles. The molecule has 1 saturated carbocycles. The Morgan fingerprint density at radius 3 is 2.89 bits per heavy atom. The Kier molecular flexibility index (Phi) is 3.61. The normalized spacial score (nSPS) is 27.8. The molecule has 3 rings (SSSR count). The molecule has 1 saturated heterocycles. The fourth-order valence-electron chi connectivity index (χ4n) is 2.33. The zero-order chi connectivity index (χ0) is 12.4. The molecule has 0 radical (unpaired) electrons. The minimum atomic E-state index is 0.0100. The van der Waals surface area contributed by atoms with Crippen molar-refractivity contribution in [3.8, 4) is 0 Å². The summed E-state index contributed by atoms with van der Waals surface area (Å²) in [6.45, 7) is 4.01. The van der Waals surface area contributed by atoms with Crippen LogP contribution in [0.1, 0.15) is 50.5 Å². The number of aryl methyl sites for hydroxylation is 1. The van der Waals surface area contributed by atoms with Gasteiger partial charge in [0.05, 0.1) is 0 Å². The van der Waals surface area contributed by atoms with E-state index in [0.29, 0.717) is 11.8 Å². The lowest BCUT2D eigenvalue weighted by molar-refractivity contribution is 0.0704. The van der Waals surface area contributed by atoms with Crippen molar-refractivity contribution in [2.24, 2.45) is 5.92 Å². The molecule has 100 valence electrons.